The van der Waals surface area contributed by atoms with Gasteiger partial charge >= 0.3 is 149 Å². The average Bonchev–Trinajstić information content (AvgIpc) is 3.85. The number of aromatic nitrogens is 4. The second kappa shape index (κ2) is 18.1. The SMILES string of the molecule is Cc1ccc2c(n1)sc1c(-c3nc4ccccc4n3-c3c(C)cc(-c4ccccc4)cc3C)[c-]ccc12.[2H]C(C)(c1ccccc1)c1cc(-c2[c-]cccc2)nc[c]1[Ge]([CH3])([CH3])[CH3].[Ir]. The van der Waals surface area contributed by atoms with E-state index in [1.54, 1.807) is 11.3 Å². The Labute approximate surface area is 386 Å². The smallest absolute Gasteiger partial charge is 0 e. The fourth-order valence-corrected chi connectivity index (χ4v) is 12.7. The third kappa shape index (κ3) is 8.50. The van der Waals surface area contributed by atoms with Gasteiger partial charge in [-0.1, -0.05) is 59.5 Å². The Kier molecular flexibility index (Phi) is 12.2. The molecule has 0 fully saturated rings. The minimum absolute atomic E-state index is 0. The van der Waals surface area contributed by atoms with Crippen molar-refractivity contribution in [3.63, 3.8) is 0 Å². The van der Waals surface area contributed by atoms with E-state index in [1.807, 2.05) is 80.7 Å². The minimum Gasteiger partial charge on any atom is 0 e. The number of rotatable bonds is 7. The predicted molar refractivity (Wildman–Crippen MR) is 261 cm³/mol. The van der Waals surface area contributed by atoms with Crippen molar-refractivity contribution < 1.29 is 21.5 Å². The first kappa shape index (κ1) is 41.8. The fourth-order valence-electron chi connectivity index (χ4n) is 8.31. The van der Waals surface area contributed by atoms with Crippen LogP contribution in [0.3, 0.4) is 0 Å². The Bertz CT molecular complexity index is 3210. The van der Waals surface area contributed by atoms with Crippen molar-refractivity contribution in [2.75, 3.05) is 0 Å². The van der Waals surface area contributed by atoms with Crippen molar-refractivity contribution in [2.45, 2.75) is 50.9 Å². The Balaban J connectivity index is 0.000000184. The second-order valence-corrected chi connectivity index (χ2v) is 28.3. The molecule has 0 N–H and O–H groups in total. The molecule has 0 saturated heterocycles. The predicted octanol–water partition coefficient (Wildman–Crippen LogP) is 14.1. The van der Waals surface area contributed by atoms with Crippen LogP contribution in [0.2, 0.25) is 17.3 Å². The molecule has 0 aliphatic carbocycles. The number of benzene rings is 6. The number of thiophene rings is 1. The monoisotopic (exact) mass is 1060 g/mol. The molecule has 1 unspecified atom stereocenters. The Hall–Kier alpha value is -5.50. The van der Waals surface area contributed by atoms with Crippen molar-refractivity contribution >= 4 is 60.3 Å². The van der Waals surface area contributed by atoms with Crippen LogP contribution >= 0.6 is 11.3 Å². The molecule has 4 aromatic heterocycles. The Morgan fingerprint density at radius 2 is 1.39 bits per heavy atom. The van der Waals surface area contributed by atoms with E-state index in [1.165, 1.54) is 47.8 Å². The number of imidazole rings is 1. The van der Waals surface area contributed by atoms with Crippen LogP contribution < -0.4 is 4.40 Å². The van der Waals surface area contributed by atoms with E-state index in [4.69, 9.17) is 15.0 Å². The van der Waals surface area contributed by atoms with Gasteiger partial charge in [-0.3, -0.25) is 4.98 Å². The molecule has 309 valence electrons. The van der Waals surface area contributed by atoms with E-state index < -0.39 is 19.2 Å². The third-order valence-corrected chi connectivity index (χ3v) is 16.7. The van der Waals surface area contributed by atoms with Crippen molar-refractivity contribution in [2.24, 2.45) is 0 Å². The molecule has 1 atom stereocenters. The number of aryl methyl sites for hydroxylation is 3. The first-order valence-electron chi connectivity index (χ1n) is 21.3. The maximum atomic E-state index is 9.18. The van der Waals surface area contributed by atoms with Gasteiger partial charge in [-0.15, -0.1) is 18.2 Å². The molecule has 1 radical (unpaired) electrons. The van der Waals surface area contributed by atoms with Crippen molar-refractivity contribution in [1.82, 2.24) is 19.5 Å². The van der Waals surface area contributed by atoms with Crippen molar-refractivity contribution in [1.29, 1.82) is 0 Å². The summed E-state index contributed by atoms with van der Waals surface area (Å²) in [4.78, 5) is 15.8. The molecule has 0 amide bonds. The van der Waals surface area contributed by atoms with Gasteiger partial charge in [0.05, 0.1) is 16.9 Å². The molecule has 0 aliphatic heterocycles. The summed E-state index contributed by atoms with van der Waals surface area (Å²) in [7, 11) is 0. The van der Waals surface area contributed by atoms with Gasteiger partial charge in [-0.25, -0.2) is 4.98 Å². The van der Waals surface area contributed by atoms with Gasteiger partial charge in [0.2, 0.25) is 0 Å². The molecule has 4 heterocycles. The molecule has 0 spiro atoms. The van der Waals surface area contributed by atoms with E-state index in [2.05, 4.69) is 139 Å². The van der Waals surface area contributed by atoms with Crippen LogP contribution in [0.5, 0.6) is 0 Å². The summed E-state index contributed by atoms with van der Waals surface area (Å²) in [6.07, 6.45) is 2.02. The maximum absolute atomic E-state index is 9.18. The first-order chi connectivity index (χ1) is 29.9. The molecule has 10 aromatic rings. The number of fused-ring (bicyclic) bond motifs is 4. The van der Waals surface area contributed by atoms with Crippen molar-refractivity contribution in [3.05, 3.63) is 198 Å². The summed E-state index contributed by atoms with van der Waals surface area (Å²) in [5.74, 6) is 7.18. The Morgan fingerprint density at radius 1 is 0.694 bits per heavy atom. The molecule has 0 aliphatic rings. The standard InChI is InChI=1S/C33H24N3S.C22H24GeN.Ir/c1-20-18-24(23-10-5-4-6-11-23)19-21(2)30(20)36-29-15-8-7-14-28(29)35-32(36)27-13-9-12-25-26-17-16-22(3)34-33(26)37-31(25)27;1-17(18-11-7-5-8-12-18)20-15-22(19-13-9-6-10-14-19)24-16-21(20)23(2,3)4;/h4-12,14-19H,1-3H3;5-13,15-17H,1-4H3;/q2*-1;/i;17D;. The molecule has 4 nitrogen and oxygen atoms in total. The van der Waals surface area contributed by atoms with E-state index in [0.717, 1.165) is 55.3 Å². The van der Waals surface area contributed by atoms with Crippen LogP contribution in [-0.4, -0.2) is 32.8 Å². The zero-order valence-electron chi connectivity index (χ0n) is 37.0. The van der Waals surface area contributed by atoms with Gasteiger partial charge in [0, 0.05) is 31.5 Å². The van der Waals surface area contributed by atoms with Gasteiger partial charge in [-0.2, -0.15) is 11.3 Å². The molecule has 10 rings (SSSR count). The van der Waals surface area contributed by atoms with E-state index in [-0.39, 0.29) is 20.1 Å². The zero-order chi connectivity index (χ0) is 43.2. The summed E-state index contributed by atoms with van der Waals surface area (Å²) < 4.78 is 14.0. The summed E-state index contributed by atoms with van der Waals surface area (Å²) >= 11 is -0.457. The average molecular weight is 1060 g/mol. The van der Waals surface area contributed by atoms with Gasteiger partial charge in [0.25, 0.3) is 0 Å². The molecule has 62 heavy (non-hydrogen) atoms. The van der Waals surface area contributed by atoms with Crippen LogP contribution in [0, 0.1) is 32.9 Å². The number of hydrogen-bond donors (Lipinski definition) is 0. The molecule has 6 aromatic carbocycles. The van der Waals surface area contributed by atoms with Crippen LogP contribution in [0.15, 0.2) is 158 Å². The number of hydrogen-bond acceptors (Lipinski definition) is 4. The van der Waals surface area contributed by atoms with E-state index >= 15 is 0 Å². The van der Waals surface area contributed by atoms with Gasteiger partial charge < -0.3 is 4.57 Å². The van der Waals surface area contributed by atoms with Crippen LogP contribution in [0.25, 0.3) is 70.8 Å². The van der Waals surface area contributed by atoms with Gasteiger partial charge in [0.1, 0.15) is 4.83 Å². The summed E-state index contributed by atoms with van der Waals surface area (Å²) in [6.45, 7) is 8.43. The normalized spacial score (nSPS) is 12.7. The van der Waals surface area contributed by atoms with Gasteiger partial charge in [0.15, 0.2) is 0 Å². The van der Waals surface area contributed by atoms with E-state index in [0.29, 0.717) is 0 Å². The molecule has 0 bridgehead atoms. The van der Waals surface area contributed by atoms with Crippen LogP contribution in [-0.2, 0) is 20.1 Å². The minimum atomic E-state index is -2.18. The fraction of sp³-hybridized carbons (Fsp3) is 0.145. The zero-order valence-corrected chi connectivity index (χ0v) is 41.4. The summed E-state index contributed by atoms with van der Waals surface area (Å²) in [5, 5.41) is 2.39. The van der Waals surface area contributed by atoms with Gasteiger partial charge in [-0.05, 0) is 83.4 Å². The molecule has 0 saturated carbocycles. The second-order valence-electron chi connectivity index (χ2n) is 16.7. The number of pyridine rings is 2. The van der Waals surface area contributed by atoms with Crippen LogP contribution in [0.4, 0.5) is 0 Å². The van der Waals surface area contributed by atoms with Crippen LogP contribution in [0.1, 0.15) is 42.1 Å². The summed E-state index contributed by atoms with van der Waals surface area (Å²) in [5.41, 5.74) is 14.1. The largest absolute Gasteiger partial charge is 0 e. The topological polar surface area (TPSA) is 43.6 Å². The number of nitrogens with zero attached hydrogens (tertiary/aromatic N) is 4. The number of para-hydroxylation sites is 2. The van der Waals surface area contributed by atoms with E-state index in [9.17, 15) is 1.37 Å². The summed E-state index contributed by atoms with van der Waals surface area (Å²) in [6, 6.07) is 58.9. The molecular formula is C55H48GeIrN4S-2. The maximum Gasteiger partial charge on any atom is 0 e. The molecule has 7 heteroatoms. The quantitative estimate of drug-likeness (QED) is 0.118. The third-order valence-electron chi connectivity index (χ3n) is 11.4. The first-order valence-corrected chi connectivity index (χ1v) is 28.9. The Morgan fingerprint density at radius 3 is 2.10 bits per heavy atom. The van der Waals surface area contributed by atoms with Crippen molar-refractivity contribution in [3.8, 4) is 39.5 Å². The molecular weight excluding hydrogens is 1010 g/mol.